The van der Waals surface area contributed by atoms with Gasteiger partial charge in [-0.1, -0.05) is 34.1 Å². The molecule has 0 saturated carbocycles. The average molecular weight is 372 g/mol. The number of halogens is 1. The first-order valence-corrected chi connectivity index (χ1v) is 9.36. The largest absolute Gasteiger partial charge is 0.278 e. The van der Waals surface area contributed by atoms with Gasteiger partial charge in [-0.05, 0) is 43.0 Å². The van der Waals surface area contributed by atoms with Crippen LogP contribution < -0.4 is 4.72 Å². The fourth-order valence-electron chi connectivity index (χ4n) is 1.79. The molecule has 0 spiro atoms. The first-order chi connectivity index (χ1) is 9.44. The van der Waals surface area contributed by atoms with Crippen molar-refractivity contribution in [3.8, 4) is 0 Å². The van der Waals surface area contributed by atoms with Crippen LogP contribution in [0.1, 0.15) is 5.56 Å². The molecule has 0 aliphatic heterocycles. The number of hydrogen-bond acceptors (Lipinski definition) is 3. The van der Waals surface area contributed by atoms with Gasteiger partial charge in [0.05, 0.1) is 10.6 Å². The number of aryl methyl sites for hydroxylation is 1. The summed E-state index contributed by atoms with van der Waals surface area (Å²) in [4.78, 5) is 1.17. The Bertz CT molecular complexity index is 730. The smallest absolute Gasteiger partial charge is 0.262 e. The lowest BCUT2D eigenvalue weighted by Gasteiger charge is -2.13. The van der Waals surface area contributed by atoms with Gasteiger partial charge in [0.1, 0.15) is 0 Å². The maximum absolute atomic E-state index is 12.5. The molecule has 0 fully saturated rings. The van der Waals surface area contributed by atoms with Crippen molar-refractivity contribution in [1.29, 1.82) is 0 Å². The number of benzene rings is 2. The molecule has 6 heteroatoms. The summed E-state index contributed by atoms with van der Waals surface area (Å²) in [5.74, 6) is 0. The highest BCUT2D eigenvalue weighted by Gasteiger charge is 2.18. The molecule has 0 radical (unpaired) electrons. The van der Waals surface area contributed by atoms with E-state index in [9.17, 15) is 8.42 Å². The second kappa shape index (κ2) is 6.20. The number of rotatable bonds is 4. The molecule has 2 rings (SSSR count). The van der Waals surface area contributed by atoms with E-state index in [1.54, 1.807) is 25.1 Å². The molecule has 0 aromatic heterocycles. The Balaban J connectivity index is 2.43. The van der Waals surface area contributed by atoms with Crippen LogP contribution in [0, 0.1) is 6.92 Å². The number of para-hydroxylation sites is 1. The van der Waals surface area contributed by atoms with E-state index >= 15 is 0 Å². The second-order valence-corrected chi connectivity index (χ2v) is 7.63. The van der Waals surface area contributed by atoms with Gasteiger partial charge in [-0.2, -0.15) is 0 Å². The molecule has 0 heterocycles. The highest BCUT2D eigenvalue weighted by molar-refractivity contribution is 9.10. The number of sulfonamides is 1. The van der Waals surface area contributed by atoms with Crippen molar-refractivity contribution in [2.75, 3.05) is 11.0 Å². The zero-order valence-corrected chi connectivity index (χ0v) is 14.3. The SMILES string of the molecule is CSc1ccccc1NS(=O)(=O)c1cc(Br)ccc1C. The van der Waals surface area contributed by atoms with Gasteiger partial charge in [-0.3, -0.25) is 4.72 Å². The summed E-state index contributed by atoms with van der Waals surface area (Å²) in [6, 6.07) is 12.6. The molecule has 2 aromatic rings. The van der Waals surface area contributed by atoms with Gasteiger partial charge >= 0.3 is 0 Å². The molecule has 0 bridgehead atoms. The van der Waals surface area contributed by atoms with Crippen LogP contribution in [0.15, 0.2) is 56.7 Å². The Morgan fingerprint density at radius 3 is 2.55 bits per heavy atom. The molecule has 0 atom stereocenters. The van der Waals surface area contributed by atoms with E-state index in [2.05, 4.69) is 20.7 Å². The van der Waals surface area contributed by atoms with Crippen molar-refractivity contribution >= 4 is 43.4 Å². The van der Waals surface area contributed by atoms with E-state index in [1.165, 1.54) is 11.8 Å². The summed E-state index contributed by atoms with van der Waals surface area (Å²) < 4.78 is 28.4. The van der Waals surface area contributed by atoms with Gasteiger partial charge in [0.2, 0.25) is 0 Å². The summed E-state index contributed by atoms with van der Waals surface area (Å²) in [6.45, 7) is 1.78. The van der Waals surface area contributed by atoms with E-state index in [0.717, 1.165) is 9.37 Å². The highest BCUT2D eigenvalue weighted by Crippen LogP contribution is 2.28. The standard InChI is InChI=1S/C14H14BrNO2S2/c1-10-7-8-11(15)9-14(10)20(17,18)16-12-5-3-4-6-13(12)19-2/h3-9,16H,1-2H3. The van der Waals surface area contributed by atoms with Crippen molar-refractivity contribution in [2.45, 2.75) is 16.7 Å². The molecule has 0 saturated heterocycles. The van der Waals surface area contributed by atoms with Crippen LogP contribution in [-0.4, -0.2) is 14.7 Å². The van der Waals surface area contributed by atoms with Crippen LogP contribution in [0.4, 0.5) is 5.69 Å². The fourth-order valence-corrected chi connectivity index (χ4v) is 4.27. The first kappa shape index (κ1) is 15.4. The van der Waals surface area contributed by atoms with Gasteiger partial charge in [-0.15, -0.1) is 11.8 Å². The van der Waals surface area contributed by atoms with E-state index in [-0.39, 0.29) is 4.90 Å². The fraction of sp³-hybridized carbons (Fsp3) is 0.143. The Labute approximate surface area is 132 Å². The zero-order valence-electron chi connectivity index (χ0n) is 11.1. The minimum atomic E-state index is -3.59. The molecule has 20 heavy (non-hydrogen) atoms. The molecular weight excluding hydrogens is 358 g/mol. The van der Waals surface area contributed by atoms with E-state index < -0.39 is 10.0 Å². The zero-order chi connectivity index (χ0) is 14.8. The Kier molecular flexibility index (Phi) is 4.78. The quantitative estimate of drug-likeness (QED) is 0.815. The van der Waals surface area contributed by atoms with Crippen molar-refractivity contribution in [2.24, 2.45) is 0 Å². The molecule has 2 aromatic carbocycles. The summed E-state index contributed by atoms with van der Waals surface area (Å²) >= 11 is 4.81. The molecular formula is C14H14BrNO2S2. The molecule has 1 N–H and O–H groups in total. The van der Waals surface area contributed by atoms with Gasteiger partial charge in [0.15, 0.2) is 0 Å². The maximum Gasteiger partial charge on any atom is 0.262 e. The molecule has 3 nitrogen and oxygen atoms in total. The Morgan fingerprint density at radius 2 is 1.85 bits per heavy atom. The molecule has 0 aliphatic carbocycles. The van der Waals surface area contributed by atoms with Gasteiger partial charge < -0.3 is 0 Å². The minimum absolute atomic E-state index is 0.280. The summed E-state index contributed by atoms with van der Waals surface area (Å²) in [5, 5.41) is 0. The Morgan fingerprint density at radius 1 is 1.15 bits per heavy atom. The summed E-state index contributed by atoms with van der Waals surface area (Å²) in [6.07, 6.45) is 1.91. The molecule has 0 aliphatic rings. The molecule has 0 unspecified atom stereocenters. The van der Waals surface area contributed by atoms with Gasteiger partial charge in [0, 0.05) is 9.37 Å². The topological polar surface area (TPSA) is 46.2 Å². The number of anilines is 1. The lowest BCUT2D eigenvalue weighted by Crippen LogP contribution is -2.14. The molecule has 106 valence electrons. The second-order valence-electron chi connectivity index (χ2n) is 4.22. The van der Waals surface area contributed by atoms with Crippen molar-refractivity contribution in [3.05, 3.63) is 52.5 Å². The number of thioether (sulfide) groups is 1. The normalized spacial score (nSPS) is 11.3. The van der Waals surface area contributed by atoms with E-state index in [1.807, 2.05) is 30.5 Å². The van der Waals surface area contributed by atoms with Crippen LogP contribution in [0.2, 0.25) is 0 Å². The maximum atomic E-state index is 12.5. The third kappa shape index (κ3) is 3.37. The Hall–Kier alpha value is -0.980. The van der Waals surface area contributed by atoms with Crippen LogP contribution in [-0.2, 0) is 10.0 Å². The van der Waals surface area contributed by atoms with Crippen molar-refractivity contribution < 1.29 is 8.42 Å². The molecule has 0 amide bonds. The van der Waals surface area contributed by atoms with Crippen molar-refractivity contribution in [3.63, 3.8) is 0 Å². The minimum Gasteiger partial charge on any atom is -0.278 e. The highest BCUT2D eigenvalue weighted by atomic mass is 79.9. The lowest BCUT2D eigenvalue weighted by atomic mass is 10.2. The third-order valence-electron chi connectivity index (χ3n) is 2.79. The summed E-state index contributed by atoms with van der Waals surface area (Å²) in [7, 11) is -3.59. The average Bonchev–Trinajstić information content (AvgIpc) is 2.41. The summed E-state index contributed by atoms with van der Waals surface area (Å²) in [5.41, 5.74) is 1.31. The van der Waals surface area contributed by atoms with E-state index in [4.69, 9.17) is 0 Å². The lowest BCUT2D eigenvalue weighted by molar-refractivity contribution is 0.600. The van der Waals surface area contributed by atoms with E-state index in [0.29, 0.717) is 11.3 Å². The van der Waals surface area contributed by atoms with Gasteiger partial charge in [-0.25, -0.2) is 8.42 Å². The van der Waals surface area contributed by atoms with Crippen molar-refractivity contribution in [1.82, 2.24) is 0 Å². The number of hydrogen-bond donors (Lipinski definition) is 1. The van der Waals surface area contributed by atoms with Crippen LogP contribution in [0.3, 0.4) is 0 Å². The number of nitrogens with one attached hydrogen (secondary N) is 1. The monoisotopic (exact) mass is 371 g/mol. The predicted molar refractivity (Wildman–Crippen MR) is 87.9 cm³/mol. The third-order valence-corrected chi connectivity index (χ3v) is 5.59. The van der Waals surface area contributed by atoms with Crippen LogP contribution in [0.25, 0.3) is 0 Å². The predicted octanol–water partition coefficient (Wildman–Crippen LogP) is 4.28. The first-order valence-electron chi connectivity index (χ1n) is 5.86. The van der Waals surface area contributed by atoms with Gasteiger partial charge in [0.25, 0.3) is 10.0 Å². The van der Waals surface area contributed by atoms with Crippen LogP contribution in [0.5, 0.6) is 0 Å². The van der Waals surface area contributed by atoms with Crippen LogP contribution >= 0.6 is 27.7 Å².